The van der Waals surface area contributed by atoms with Gasteiger partial charge in [0.15, 0.2) is 11.5 Å². The Hall–Kier alpha value is -3.24. The first-order valence-electron chi connectivity index (χ1n) is 12.1. The Morgan fingerprint density at radius 3 is 2.24 bits per heavy atom. The molecule has 3 aromatic rings. The van der Waals surface area contributed by atoms with Crippen LogP contribution in [0.5, 0.6) is 17.2 Å². The fourth-order valence-corrected chi connectivity index (χ4v) is 4.82. The van der Waals surface area contributed by atoms with Crippen molar-refractivity contribution < 1.29 is 14.2 Å². The number of hydrogen-bond donors (Lipinski definition) is 0. The van der Waals surface area contributed by atoms with Crippen molar-refractivity contribution in [3.63, 3.8) is 0 Å². The zero-order valence-electron chi connectivity index (χ0n) is 20.7. The van der Waals surface area contributed by atoms with Crippen molar-refractivity contribution >= 4 is 5.57 Å². The second-order valence-electron chi connectivity index (χ2n) is 8.69. The molecule has 1 heterocycles. The highest BCUT2D eigenvalue weighted by molar-refractivity contribution is 5.76. The largest absolute Gasteiger partial charge is 0.497 e. The zero-order chi connectivity index (χ0) is 23.9. The molecule has 0 amide bonds. The smallest absolute Gasteiger partial charge is 0.161 e. The minimum atomic E-state index is 0.147. The van der Waals surface area contributed by atoms with Crippen LogP contribution in [0.4, 0.5) is 0 Å². The van der Waals surface area contributed by atoms with Crippen LogP contribution in [-0.4, -0.2) is 32.8 Å². The Morgan fingerprint density at radius 2 is 1.59 bits per heavy atom. The molecule has 3 aromatic carbocycles. The molecule has 1 aliphatic rings. The Labute approximate surface area is 203 Å². The molecule has 0 saturated carbocycles. The van der Waals surface area contributed by atoms with E-state index in [4.69, 9.17) is 14.2 Å². The Balaban J connectivity index is 1.84. The quantitative estimate of drug-likeness (QED) is 0.377. The molecule has 4 rings (SSSR count). The monoisotopic (exact) mass is 457 g/mol. The molecule has 4 nitrogen and oxygen atoms in total. The highest BCUT2D eigenvalue weighted by Gasteiger charge is 2.30. The number of fused-ring (bicyclic) bond motifs is 1. The van der Waals surface area contributed by atoms with Gasteiger partial charge in [-0.15, -0.1) is 0 Å². The maximum atomic E-state index is 5.70. The Bertz CT molecular complexity index is 1110. The van der Waals surface area contributed by atoms with Gasteiger partial charge in [0.2, 0.25) is 0 Å². The number of benzene rings is 3. The predicted molar refractivity (Wildman–Crippen MR) is 139 cm³/mol. The fraction of sp³-hybridized carbons (Fsp3) is 0.333. The van der Waals surface area contributed by atoms with Gasteiger partial charge in [-0.05, 0) is 64.9 Å². The van der Waals surface area contributed by atoms with E-state index in [1.54, 1.807) is 21.3 Å². The minimum Gasteiger partial charge on any atom is -0.497 e. The van der Waals surface area contributed by atoms with Crippen LogP contribution in [0.1, 0.15) is 48.1 Å². The molecule has 0 saturated heterocycles. The van der Waals surface area contributed by atoms with Crippen LogP contribution < -0.4 is 14.2 Å². The SMILES string of the molecule is CCC/C=C1/c2cc(OC)c(OC)cc2CCN(Cc2ccc(OC)cc2)C1c1ccccc1. The number of unbranched alkanes of at least 4 members (excludes halogenated alkanes) is 1. The molecule has 34 heavy (non-hydrogen) atoms. The average molecular weight is 458 g/mol. The highest BCUT2D eigenvalue weighted by atomic mass is 16.5. The summed E-state index contributed by atoms with van der Waals surface area (Å²) in [6, 6.07) is 23.8. The Kier molecular flexibility index (Phi) is 7.91. The molecule has 0 aromatic heterocycles. The van der Waals surface area contributed by atoms with E-state index in [0.29, 0.717) is 0 Å². The second kappa shape index (κ2) is 11.3. The maximum Gasteiger partial charge on any atom is 0.161 e. The summed E-state index contributed by atoms with van der Waals surface area (Å²) in [5.41, 5.74) is 6.49. The van der Waals surface area contributed by atoms with Gasteiger partial charge in [-0.25, -0.2) is 0 Å². The van der Waals surface area contributed by atoms with E-state index in [1.807, 2.05) is 12.1 Å². The summed E-state index contributed by atoms with van der Waals surface area (Å²) in [5.74, 6) is 2.45. The number of ether oxygens (including phenoxy) is 3. The van der Waals surface area contributed by atoms with E-state index in [1.165, 1.54) is 27.8 Å². The molecular weight excluding hydrogens is 422 g/mol. The van der Waals surface area contributed by atoms with Crippen LogP contribution >= 0.6 is 0 Å². The molecular formula is C30H35NO3. The lowest BCUT2D eigenvalue weighted by molar-refractivity contribution is 0.235. The van der Waals surface area contributed by atoms with Crippen LogP contribution in [0.3, 0.4) is 0 Å². The third kappa shape index (κ3) is 5.13. The third-order valence-corrected chi connectivity index (χ3v) is 6.56. The topological polar surface area (TPSA) is 30.9 Å². The summed E-state index contributed by atoms with van der Waals surface area (Å²) >= 11 is 0. The average Bonchev–Trinajstić information content (AvgIpc) is 3.03. The van der Waals surface area contributed by atoms with Crippen molar-refractivity contribution in [2.75, 3.05) is 27.9 Å². The molecule has 1 aliphatic heterocycles. The molecule has 0 fully saturated rings. The van der Waals surface area contributed by atoms with Gasteiger partial charge in [0.1, 0.15) is 5.75 Å². The first kappa shape index (κ1) is 23.9. The van der Waals surface area contributed by atoms with E-state index in [0.717, 1.165) is 49.6 Å². The van der Waals surface area contributed by atoms with Crippen molar-refractivity contribution in [2.24, 2.45) is 0 Å². The van der Waals surface area contributed by atoms with E-state index in [9.17, 15) is 0 Å². The van der Waals surface area contributed by atoms with Crippen molar-refractivity contribution in [3.8, 4) is 17.2 Å². The lowest BCUT2D eigenvalue weighted by Crippen LogP contribution is -2.29. The van der Waals surface area contributed by atoms with E-state index in [-0.39, 0.29) is 6.04 Å². The third-order valence-electron chi connectivity index (χ3n) is 6.56. The standard InChI is InChI=1S/C30H35NO3/c1-5-6-12-26-27-20-29(34-4)28(33-3)19-24(27)17-18-31(30(26)23-10-8-7-9-11-23)21-22-13-15-25(32-2)16-14-22/h7-16,19-20,30H,5-6,17-18,21H2,1-4H3/b26-12-. The molecule has 1 atom stereocenters. The van der Waals surface area contributed by atoms with Gasteiger partial charge >= 0.3 is 0 Å². The van der Waals surface area contributed by atoms with E-state index in [2.05, 4.69) is 72.5 Å². The number of rotatable bonds is 8. The van der Waals surface area contributed by atoms with E-state index < -0.39 is 0 Å². The van der Waals surface area contributed by atoms with Crippen LogP contribution in [0, 0.1) is 0 Å². The van der Waals surface area contributed by atoms with E-state index >= 15 is 0 Å². The summed E-state index contributed by atoms with van der Waals surface area (Å²) in [5, 5.41) is 0. The summed E-state index contributed by atoms with van der Waals surface area (Å²) in [4.78, 5) is 2.59. The molecule has 0 N–H and O–H groups in total. The second-order valence-corrected chi connectivity index (χ2v) is 8.69. The van der Waals surface area contributed by atoms with Crippen molar-refractivity contribution in [1.82, 2.24) is 4.90 Å². The summed E-state index contributed by atoms with van der Waals surface area (Å²) in [6.07, 6.45) is 5.50. The van der Waals surface area contributed by atoms with Crippen LogP contribution in [0.25, 0.3) is 5.57 Å². The van der Waals surface area contributed by atoms with Gasteiger partial charge in [-0.3, -0.25) is 4.90 Å². The molecule has 4 heteroatoms. The number of methoxy groups -OCH3 is 3. The Morgan fingerprint density at radius 1 is 0.882 bits per heavy atom. The summed E-state index contributed by atoms with van der Waals surface area (Å²) in [7, 11) is 5.12. The van der Waals surface area contributed by atoms with Gasteiger partial charge < -0.3 is 14.2 Å². The summed E-state index contributed by atoms with van der Waals surface area (Å²) in [6.45, 7) is 4.03. The van der Waals surface area contributed by atoms with Crippen molar-refractivity contribution in [2.45, 2.75) is 38.8 Å². The molecule has 178 valence electrons. The zero-order valence-corrected chi connectivity index (χ0v) is 20.7. The minimum absolute atomic E-state index is 0.147. The van der Waals surface area contributed by atoms with Crippen molar-refractivity contribution in [3.05, 3.63) is 95.1 Å². The van der Waals surface area contributed by atoms with Gasteiger partial charge in [-0.2, -0.15) is 0 Å². The van der Waals surface area contributed by atoms with Gasteiger partial charge in [0, 0.05) is 13.1 Å². The first-order chi connectivity index (χ1) is 16.7. The molecule has 0 radical (unpaired) electrons. The number of hydrogen-bond acceptors (Lipinski definition) is 4. The van der Waals surface area contributed by atoms with Crippen LogP contribution in [-0.2, 0) is 13.0 Å². The highest BCUT2D eigenvalue weighted by Crippen LogP contribution is 2.44. The number of nitrogens with zero attached hydrogens (tertiary/aromatic N) is 1. The van der Waals surface area contributed by atoms with Crippen LogP contribution in [0.15, 0.2) is 72.8 Å². The van der Waals surface area contributed by atoms with Gasteiger partial charge in [0.25, 0.3) is 0 Å². The molecule has 0 bridgehead atoms. The van der Waals surface area contributed by atoms with Crippen LogP contribution in [0.2, 0.25) is 0 Å². The molecule has 0 spiro atoms. The lowest BCUT2D eigenvalue weighted by Gasteiger charge is -2.32. The normalized spacial score (nSPS) is 17.2. The lowest BCUT2D eigenvalue weighted by atomic mass is 9.88. The van der Waals surface area contributed by atoms with Gasteiger partial charge in [0.05, 0.1) is 27.4 Å². The fourth-order valence-electron chi connectivity index (χ4n) is 4.82. The summed E-state index contributed by atoms with van der Waals surface area (Å²) < 4.78 is 16.7. The molecule has 1 unspecified atom stereocenters. The van der Waals surface area contributed by atoms with Crippen molar-refractivity contribution in [1.29, 1.82) is 0 Å². The number of allylic oxidation sites excluding steroid dienone is 1. The van der Waals surface area contributed by atoms with Gasteiger partial charge in [-0.1, -0.05) is 61.9 Å². The first-order valence-corrected chi connectivity index (χ1v) is 12.1. The molecule has 0 aliphatic carbocycles. The maximum absolute atomic E-state index is 5.70. The predicted octanol–water partition coefficient (Wildman–Crippen LogP) is 6.70.